The summed E-state index contributed by atoms with van der Waals surface area (Å²) in [6, 6.07) is 11.2. The maximum atomic E-state index is 12.9. The predicted molar refractivity (Wildman–Crippen MR) is 98.1 cm³/mol. The summed E-state index contributed by atoms with van der Waals surface area (Å²) in [5.41, 5.74) is 2.08. The van der Waals surface area contributed by atoms with Crippen molar-refractivity contribution < 1.29 is 19.0 Å². The predicted octanol–water partition coefficient (Wildman–Crippen LogP) is 3.78. The second-order valence-corrected chi connectivity index (χ2v) is 6.90. The number of anilines is 1. The third-order valence-electron chi connectivity index (χ3n) is 5.05. The number of ether oxygens (including phenoxy) is 3. The number of hydrogen-bond acceptors (Lipinski definition) is 4. The van der Waals surface area contributed by atoms with Crippen LogP contribution in [0.5, 0.6) is 17.2 Å². The van der Waals surface area contributed by atoms with Crippen LogP contribution in [-0.2, 0) is 0 Å². The van der Waals surface area contributed by atoms with Crippen molar-refractivity contribution in [2.45, 2.75) is 32.0 Å². The highest BCUT2D eigenvalue weighted by atomic mass is 16.5. The Morgan fingerprint density at radius 1 is 1.15 bits per heavy atom. The number of hydrogen-bond donors (Lipinski definition) is 1. The van der Waals surface area contributed by atoms with Crippen molar-refractivity contribution >= 4 is 11.7 Å². The van der Waals surface area contributed by atoms with E-state index in [0.717, 1.165) is 16.9 Å². The molecule has 0 saturated carbocycles. The van der Waals surface area contributed by atoms with Gasteiger partial charge in [-0.25, -0.2) is 4.79 Å². The maximum Gasteiger partial charge on any atom is 0.325 e. The van der Waals surface area contributed by atoms with Gasteiger partial charge in [0.1, 0.15) is 5.75 Å². The Hall–Kier alpha value is -2.89. The van der Waals surface area contributed by atoms with E-state index in [1.807, 2.05) is 32.0 Å². The van der Waals surface area contributed by atoms with Gasteiger partial charge in [0, 0.05) is 18.1 Å². The summed E-state index contributed by atoms with van der Waals surface area (Å²) >= 11 is 0. The summed E-state index contributed by atoms with van der Waals surface area (Å²) in [7, 11) is 3.16. The lowest BCUT2D eigenvalue weighted by molar-refractivity contribution is 0.0378. The molecule has 0 aromatic heterocycles. The Kier molecular flexibility index (Phi) is 3.72. The van der Waals surface area contributed by atoms with E-state index in [0.29, 0.717) is 23.6 Å². The van der Waals surface area contributed by atoms with Crippen LogP contribution in [-0.4, -0.2) is 26.0 Å². The number of fused-ring (bicyclic) bond motifs is 4. The molecule has 2 aromatic carbocycles. The standard InChI is InChI=1S/C20H22N2O4/c1-12-5-7-16-14(9-12)15-11-20(2,26-16)22(19(23)21-15)13-6-8-17(24-3)18(10-13)25-4/h5-10,15H,11H2,1-4H3,(H,21,23)/t15-,20+/m1/s1. The van der Waals surface area contributed by atoms with E-state index in [2.05, 4.69) is 11.4 Å². The number of carbonyl (C=O) groups is 1. The van der Waals surface area contributed by atoms with Gasteiger partial charge >= 0.3 is 6.03 Å². The largest absolute Gasteiger partial charge is 0.493 e. The quantitative estimate of drug-likeness (QED) is 0.911. The maximum absolute atomic E-state index is 12.9. The molecular formula is C20H22N2O4. The molecule has 0 radical (unpaired) electrons. The summed E-state index contributed by atoms with van der Waals surface area (Å²) in [4.78, 5) is 14.6. The summed E-state index contributed by atoms with van der Waals surface area (Å²) in [6.07, 6.45) is 0.656. The highest BCUT2D eigenvalue weighted by Gasteiger charge is 2.50. The number of benzene rings is 2. The molecule has 0 aliphatic carbocycles. The topological polar surface area (TPSA) is 60.0 Å². The average molecular weight is 354 g/mol. The first-order valence-corrected chi connectivity index (χ1v) is 8.57. The third-order valence-corrected chi connectivity index (χ3v) is 5.05. The van der Waals surface area contributed by atoms with Crippen molar-refractivity contribution in [1.82, 2.24) is 5.32 Å². The minimum Gasteiger partial charge on any atom is -0.493 e. The Balaban J connectivity index is 1.77. The van der Waals surface area contributed by atoms with Crippen molar-refractivity contribution in [1.29, 1.82) is 0 Å². The Morgan fingerprint density at radius 3 is 2.65 bits per heavy atom. The molecule has 2 aromatic rings. The van der Waals surface area contributed by atoms with E-state index < -0.39 is 5.72 Å². The SMILES string of the molecule is COc1ccc(N2C(=O)N[C@@H]3C[C@]2(C)Oc2ccc(C)cc23)cc1OC. The first-order valence-electron chi connectivity index (χ1n) is 8.57. The van der Waals surface area contributed by atoms with Crippen molar-refractivity contribution in [2.75, 3.05) is 19.1 Å². The molecule has 0 spiro atoms. The molecule has 0 unspecified atom stereocenters. The van der Waals surface area contributed by atoms with Crippen LogP contribution in [0.1, 0.15) is 30.5 Å². The zero-order valence-corrected chi connectivity index (χ0v) is 15.3. The van der Waals surface area contributed by atoms with Gasteiger partial charge in [0.05, 0.1) is 25.9 Å². The van der Waals surface area contributed by atoms with Gasteiger partial charge < -0.3 is 19.5 Å². The van der Waals surface area contributed by atoms with Crippen molar-refractivity contribution in [3.63, 3.8) is 0 Å². The fourth-order valence-corrected chi connectivity index (χ4v) is 3.85. The van der Waals surface area contributed by atoms with Crippen LogP contribution in [0.3, 0.4) is 0 Å². The third kappa shape index (κ3) is 2.44. The van der Waals surface area contributed by atoms with E-state index in [1.165, 1.54) is 0 Å². The molecule has 2 heterocycles. The fourth-order valence-electron chi connectivity index (χ4n) is 3.85. The molecule has 136 valence electrons. The lowest BCUT2D eigenvalue weighted by Crippen LogP contribution is -2.65. The first kappa shape index (κ1) is 16.6. The molecule has 2 aliphatic heterocycles. The molecule has 2 aliphatic rings. The van der Waals surface area contributed by atoms with Gasteiger partial charge in [0.15, 0.2) is 17.2 Å². The van der Waals surface area contributed by atoms with Crippen LogP contribution >= 0.6 is 0 Å². The Labute approximate surface area is 152 Å². The van der Waals surface area contributed by atoms with E-state index >= 15 is 0 Å². The van der Waals surface area contributed by atoms with Crippen molar-refractivity contribution in [3.8, 4) is 17.2 Å². The highest BCUT2D eigenvalue weighted by molar-refractivity contribution is 5.95. The minimum absolute atomic E-state index is 0.0625. The normalized spacial score (nSPS) is 23.6. The van der Waals surface area contributed by atoms with Gasteiger partial charge in [0.25, 0.3) is 0 Å². The van der Waals surface area contributed by atoms with Gasteiger partial charge in [-0.15, -0.1) is 0 Å². The number of carbonyl (C=O) groups excluding carboxylic acids is 1. The molecule has 2 atom stereocenters. The molecule has 26 heavy (non-hydrogen) atoms. The van der Waals surface area contributed by atoms with Gasteiger partial charge in [0.2, 0.25) is 0 Å². The monoisotopic (exact) mass is 354 g/mol. The number of nitrogens with one attached hydrogen (secondary N) is 1. The number of amides is 2. The van der Waals surface area contributed by atoms with Crippen LogP contribution in [0, 0.1) is 6.92 Å². The van der Waals surface area contributed by atoms with Crippen molar-refractivity contribution in [3.05, 3.63) is 47.5 Å². The minimum atomic E-state index is -0.783. The second kappa shape index (κ2) is 5.83. The van der Waals surface area contributed by atoms with Crippen LogP contribution in [0.4, 0.5) is 10.5 Å². The van der Waals surface area contributed by atoms with Crippen LogP contribution in [0.25, 0.3) is 0 Å². The number of aryl methyl sites for hydroxylation is 1. The number of nitrogens with zero attached hydrogens (tertiary/aromatic N) is 1. The van der Waals surface area contributed by atoms with Gasteiger partial charge in [-0.3, -0.25) is 4.90 Å². The number of methoxy groups -OCH3 is 2. The smallest absolute Gasteiger partial charge is 0.325 e. The van der Waals surface area contributed by atoms with Crippen molar-refractivity contribution in [2.24, 2.45) is 0 Å². The highest BCUT2D eigenvalue weighted by Crippen LogP contribution is 2.46. The molecule has 4 rings (SSSR count). The fraction of sp³-hybridized carbons (Fsp3) is 0.350. The molecule has 2 amide bonds. The van der Waals surface area contributed by atoms with Crippen LogP contribution in [0.15, 0.2) is 36.4 Å². The zero-order chi connectivity index (χ0) is 18.5. The summed E-state index contributed by atoms with van der Waals surface area (Å²) in [5, 5.41) is 3.11. The molecule has 1 saturated heterocycles. The molecule has 1 fully saturated rings. The number of rotatable bonds is 3. The van der Waals surface area contributed by atoms with Gasteiger partial charge in [-0.1, -0.05) is 17.7 Å². The lowest BCUT2D eigenvalue weighted by Gasteiger charge is -2.50. The molecule has 1 N–H and O–H groups in total. The average Bonchev–Trinajstić information content (AvgIpc) is 2.61. The number of urea groups is 1. The van der Waals surface area contributed by atoms with E-state index in [-0.39, 0.29) is 12.1 Å². The van der Waals surface area contributed by atoms with Crippen LogP contribution in [0.2, 0.25) is 0 Å². The molecule has 6 nitrogen and oxygen atoms in total. The Morgan fingerprint density at radius 2 is 1.92 bits per heavy atom. The first-order chi connectivity index (χ1) is 12.4. The van der Waals surface area contributed by atoms with Crippen LogP contribution < -0.4 is 24.4 Å². The summed E-state index contributed by atoms with van der Waals surface area (Å²) in [5.74, 6) is 1.98. The lowest BCUT2D eigenvalue weighted by atomic mass is 9.89. The summed E-state index contributed by atoms with van der Waals surface area (Å²) in [6.45, 7) is 3.98. The molecular weight excluding hydrogens is 332 g/mol. The van der Waals surface area contributed by atoms with Gasteiger partial charge in [-0.05, 0) is 32.0 Å². The molecule has 2 bridgehead atoms. The molecule has 6 heteroatoms. The van der Waals surface area contributed by atoms with Gasteiger partial charge in [-0.2, -0.15) is 0 Å². The second-order valence-electron chi connectivity index (χ2n) is 6.90. The van der Waals surface area contributed by atoms with E-state index in [9.17, 15) is 4.79 Å². The zero-order valence-electron chi connectivity index (χ0n) is 15.3. The Bertz CT molecular complexity index is 882. The van der Waals surface area contributed by atoms with E-state index in [4.69, 9.17) is 14.2 Å². The summed E-state index contributed by atoms with van der Waals surface area (Å²) < 4.78 is 17.0. The van der Waals surface area contributed by atoms with E-state index in [1.54, 1.807) is 31.3 Å².